The van der Waals surface area contributed by atoms with Gasteiger partial charge < -0.3 is 75.2 Å². The van der Waals surface area contributed by atoms with Gasteiger partial charge in [0.25, 0.3) is 0 Å². The number of carbonyl (C=O) groups is 1. The van der Waals surface area contributed by atoms with Gasteiger partial charge in [0.1, 0.15) is 5.60 Å². The second kappa shape index (κ2) is 31.9. The average Bonchev–Trinajstić information content (AvgIpc) is 0.782. The molecule has 0 radical (unpaired) electrons. The molecule has 0 spiro atoms. The van der Waals surface area contributed by atoms with E-state index in [0.29, 0.717) is 64.8 Å². The summed E-state index contributed by atoms with van der Waals surface area (Å²) in [5.74, 6) is 0. The highest BCUT2D eigenvalue weighted by atomic mass is 32.2. The highest BCUT2D eigenvalue weighted by Gasteiger charge is 2.30. The summed E-state index contributed by atoms with van der Waals surface area (Å²) in [6.07, 6.45) is 3.85. The number of nitrogens with one attached hydrogen (secondary N) is 6. The molecule has 5 saturated heterocycles. The van der Waals surface area contributed by atoms with Crippen molar-refractivity contribution >= 4 is 111 Å². The van der Waals surface area contributed by atoms with Crippen LogP contribution in [0.15, 0.2) is 219 Å². The number of hydrogen-bond acceptors (Lipinski definition) is 21. The molecule has 0 unspecified atom stereocenters. The number of nitrogens with two attached hydrogens (primary N) is 1. The molecular formula is C78H83N11O8S6. The molecule has 9 aromatic rings. The molecule has 103 heavy (non-hydrogen) atoms. The number of aromatic amines is 3. The van der Waals surface area contributed by atoms with Crippen molar-refractivity contribution in [2.24, 2.45) is 0 Å². The number of morpholine rings is 3. The number of likely N-dealkylation sites (tertiary alicyclic amines) is 1. The zero-order valence-electron chi connectivity index (χ0n) is 57.7. The van der Waals surface area contributed by atoms with Crippen LogP contribution in [0.4, 0.5) is 38.9 Å². The van der Waals surface area contributed by atoms with Crippen LogP contribution in [0.3, 0.4) is 0 Å². The van der Waals surface area contributed by atoms with E-state index in [1.807, 2.05) is 50.7 Å². The summed E-state index contributed by atoms with van der Waals surface area (Å²) >= 11 is 10.6. The molecule has 6 aromatic carbocycles. The number of fused-ring (bicyclic) bond motifs is 6. The number of nitrogens with zero attached hydrogens (tertiary/aromatic N) is 4. The molecule has 8 aliphatic rings. The van der Waals surface area contributed by atoms with E-state index in [-0.39, 0.29) is 22.8 Å². The van der Waals surface area contributed by atoms with Gasteiger partial charge in [-0.25, -0.2) is 4.79 Å². The second-order valence-electron chi connectivity index (χ2n) is 27.2. The summed E-state index contributed by atoms with van der Waals surface area (Å²) in [5.41, 5.74) is 16.8. The number of rotatable bonds is 10. The molecule has 0 bridgehead atoms. The zero-order valence-corrected chi connectivity index (χ0v) is 62.6. The van der Waals surface area contributed by atoms with E-state index in [4.69, 9.17) is 24.7 Å². The van der Waals surface area contributed by atoms with Crippen molar-refractivity contribution in [3.05, 3.63) is 177 Å². The highest BCUT2D eigenvalue weighted by molar-refractivity contribution is 8.06. The lowest BCUT2D eigenvalue weighted by atomic mass is 10.0. The first-order valence-corrected chi connectivity index (χ1v) is 40.1. The Morgan fingerprint density at radius 2 is 0.806 bits per heavy atom. The Labute approximate surface area is 624 Å². The molecule has 5 fully saturated rings. The third kappa shape index (κ3) is 17.1. The number of piperidine rings is 2. The predicted molar refractivity (Wildman–Crippen MR) is 419 cm³/mol. The van der Waals surface area contributed by atoms with E-state index in [2.05, 4.69) is 155 Å². The van der Waals surface area contributed by atoms with Gasteiger partial charge in [-0.1, -0.05) is 107 Å². The third-order valence-electron chi connectivity index (χ3n) is 18.8. The Bertz CT molecular complexity index is 4790. The van der Waals surface area contributed by atoms with Crippen LogP contribution in [0.2, 0.25) is 0 Å². The normalized spacial score (nSPS) is 17.3. The van der Waals surface area contributed by atoms with Gasteiger partial charge in [-0.05, 0) is 151 Å². The lowest BCUT2D eigenvalue weighted by Crippen LogP contribution is -2.44. The predicted octanol–water partition coefficient (Wildman–Crippen LogP) is 15.0. The van der Waals surface area contributed by atoms with Crippen LogP contribution < -0.4 is 53.1 Å². The molecule has 0 saturated carbocycles. The van der Waals surface area contributed by atoms with E-state index < -0.39 is 5.60 Å². The first-order valence-electron chi connectivity index (χ1n) is 35.2. The number of pyridine rings is 3. The Hall–Kier alpha value is -7.82. The number of amides is 1. The van der Waals surface area contributed by atoms with Gasteiger partial charge in [0, 0.05) is 192 Å². The summed E-state index contributed by atoms with van der Waals surface area (Å²) in [6, 6.07) is 50.3. The number of nitrogen functional groups attached to an aromatic ring is 1. The molecule has 534 valence electrons. The lowest BCUT2D eigenvalue weighted by Gasteiger charge is -2.34. The Morgan fingerprint density at radius 3 is 1.19 bits per heavy atom. The number of carbonyl (C=O) groups excluding carboxylic acids is 1. The summed E-state index contributed by atoms with van der Waals surface area (Å²) in [6.45, 7) is 18.1. The van der Waals surface area contributed by atoms with E-state index in [1.54, 1.807) is 81.9 Å². The van der Waals surface area contributed by atoms with Crippen molar-refractivity contribution in [3.8, 4) is 33.8 Å². The van der Waals surface area contributed by atoms with Gasteiger partial charge >= 0.3 is 6.09 Å². The Balaban J connectivity index is 0.000000127. The summed E-state index contributed by atoms with van der Waals surface area (Å²) < 4.78 is 22.0. The zero-order chi connectivity index (χ0) is 70.6. The van der Waals surface area contributed by atoms with Crippen LogP contribution in [0.5, 0.6) is 0 Å². The summed E-state index contributed by atoms with van der Waals surface area (Å²) in [7, 11) is 0. The van der Waals surface area contributed by atoms with Crippen molar-refractivity contribution in [3.63, 3.8) is 0 Å². The average molecular weight is 1490 g/mol. The van der Waals surface area contributed by atoms with Crippen LogP contribution in [0, 0.1) is 0 Å². The van der Waals surface area contributed by atoms with Crippen LogP contribution in [-0.4, -0.2) is 149 Å². The minimum atomic E-state index is -0.478. The van der Waals surface area contributed by atoms with E-state index in [0.717, 1.165) is 145 Å². The van der Waals surface area contributed by atoms with Crippen molar-refractivity contribution in [2.75, 3.05) is 136 Å². The topological polar surface area (TPSA) is 228 Å². The quantitative estimate of drug-likeness (QED) is 0.0632. The largest absolute Gasteiger partial charge is 0.444 e. The molecule has 17 rings (SSSR count). The van der Waals surface area contributed by atoms with E-state index in [1.165, 1.54) is 59.5 Å². The van der Waals surface area contributed by atoms with Crippen molar-refractivity contribution in [1.29, 1.82) is 0 Å². The fourth-order valence-electron chi connectivity index (χ4n) is 13.6. The molecule has 3 aromatic heterocycles. The van der Waals surface area contributed by atoms with Crippen LogP contribution >= 0.6 is 70.6 Å². The van der Waals surface area contributed by atoms with Gasteiger partial charge in [0.05, 0.1) is 56.7 Å². The maximum absolute atomic E-state index is 12.6. The molecule has 8 aliphatic heterocycles. The smallest absolute Gasteiger partial charge is 0.410 e. The van der Waals surface area contributed by atoms with Gasteiger partial charge in [0.2, 0.25) is 16.7 Å². The Morgan fingerprint density at radius 1 is 0.437 bits per heavy atom. The number of aromatic nitrogens is 3. The first-order chi connectivity index (χ1) is 50.1. The van der Waals surface area contributed by atoms with Crippen molar-refractivity contribution in [2.45, 2.75) is 123 Å². The van der Waals surface area contributed by atoms with Crippen LogP contribution in [-0.2, 0) is 18.9 Å². The van der Waals surface area contributed by atoms with Gasteiger partial charge in [-0.15, -0.1) is 0 Å². The maximum atomic E-state index is 12.6. The summed E-state index contributed by atoms with van der Waals surface area (Å²) in [5, 5.41) is 10.8. The molecule has 0 atom stereocenters. The molecule has 8 N–H and O–H groups in total. The monoisotopic (exact) mass is 1490 g/mol. The molecule has 19 nitrogen and oxygen atoms in total. The van der Waals surface area contributed by atoms with E-state index in [9.17, 15) is 19.2 Å². The minimum absolute atomic E-state index is 0.0703. The standard InChI is InChI=1S/C31H36N4O4S2.C26H28N4O2S2.C21H19N3O2S2/c1-31(2,3)39-30(37)35-11-9-20(10-12-35)32-21-7-8-25-27(17-21)40-26-6-4-5-23(29(26)41-25)24-18-22(19-28(36)33-24)34-13-15-38-16-14-34;31-25-16-19(30-10-12-32-13-11-30)15-21(29-25)20-2-1-3-23-26(20)34-22-5-4-18(14-24(22)33-23)28-17-6-8-27-9-7-17;22-13-4-5-17-19(10-13)27-18-3-1-2-15(21(18)28-17)16-11-14(12-20(25)23-16)24-6-8-26-9-7-24/h4-8,17-20,32H,9-16H2,1-3H3,(H,33,36);1-5,14-17,27-28H,6-13H2,(H,29,31);1-5,10-12H,6-9,22H2,(H,23,25). The van der Waals surface area contributed by atoms with Crippen LogP contribution in [0.25, 0.3) is 33.8 Å². The molecule has 11 heterocycles. The Kier molecular flexibility index (Phi) is 21.9. The van der Waals surface area contributed by atoms with Crippen LogP contribution in [0.1, 0.15) is 46.5 Å². The minimum Gasteiger partial charge on any atom is -0.444 e. The van der Waals surface area contributed by atoms with Gasteiger partial charge in [0.15, 0.2) is 0 Å². The number of ether oxygens (including phenoxy) is 4. The number of anilines is 6. The SMILES string of the molecule is CC(C)(C)OC(=O)N1CCC(Nc2ccc3c(c2)Sc2cccc(-c4cc(N5CCOCC5)cc(=O)[nH]4)c2S3)CC1.Nc1ccc2c(c1)Sc1cccc(-c3cc(N4CCOCC4)cc(=O)[nH]3)c1S2.O=c1cc(N2CCOCC2)cc(-c2cccc3c2Sc2ccc(NC4CCNCC4)cc2S3)[nH]1. The van der Waals surface area contributed by atoms with Crippen molar-refractivity contribution < 1.29 is 23.7 Å². The lowest BCUT2D eigenvalue weighted by molar-refractivity contribution is 0.0210. The number of H-pyrrole nitrogens is 3. The first kappa shape index (κ1) is 70.8. The van der Waals surface area contributed by atoms with Crippen molar-refractivity contribution in [1.82, 2.24) is 25.2 Å². The van der Waals surface area contributed by atoms with Gasteiger partial charge in [-0.3, -0.25) is 14.4 Å². The third-order valence-corrected chi connectivity index (χ3v) is 26.6. The van der Waals surface area contributed by atoms with E-state index >= 15 is 0 Å². The summed E-state index contributed by atoms with van der Waals surface area (Å²) in [4.78, 5) is 82.1. The number of benzene rings is 6. The maximum Gasteiger partial charge on any atom is 0.410 e. The second-order valence-corrected chi connectivity index (χ2v) is 33.7. The molecule has 0 aliphatic carbocycles. The highest BCUT2D eigenvalue weighted by Crippen LogP contribution is 2.55. The van der Waals surface area contributed by atoms with Gasteiger partial charge in [-0.2, -0.15) is 0 Å². The molecule has 25 heteroatoms. The molecular weight excluding hydrogens is 1410 g/mol. The fourth-order valence-corrected chi connectivity index (χ4v) is 20.9. The number of hydrogen-bond donors (Lipinski definition) is 7. The fraction of sp³-hybridized carbons (Fsp3) is 0.333. The molecule has 1 amide bonds.